The van der Waals surface area contributed by atoms with Crippen molar-refractivity contribution in [2.24, 2.45) is 5.92 Å². The van der Waals surface area contributed by atoms with Crippen LogP contribution < -0.4 is 9.64 Å². The molecule has 0 radical (unpaired) electrons. The van der Waals surface area contributed by atoms with Crippen molar-refractivity contribution >= 4 is 27.5 Å². The zero-order valence-corrected chi connectivity index (χ0v) is 18.2. The molecule has 2 heterocycles. The Morgan fingerprint density at radius 3 is 2.48 bits per heavy atom. The predicted molar refractivity (Wildman–Crippen MR) is 110 cm³/mol. The van der Waals surface area contributed by atoms with E-state index >= 15 is 0 Å². The first-order valence-corrected chi connectivity index (χ1v) is 11.6. The summed E-state index contributed by atoms with van der Waals surface area (Å²) in [6, 6.07) is 5.56. The molecule has 0 spiro atoms. The minimum atomic E-state index is -3.24. The second-order valence-electron chi connectivity index (χ2n) is 7.92. The first kappa shape index (κ1) is 21.6. The molecule has 1 atom stereocenters. The monoisotopic (exact) mass is 423 g/mol. The number of rotatable bonds is 5. The van der Waals surface area contributed by atoms with E-state index in [1.165, 1.54) is 10.6 Å². The fourth-order valence-electron chi connectivity index (χ4n) is 4.10. The molecular weight excluding hydrogens is 394 g/mol. The van der Waals surface area contributed by atoms with Gasteiger partial charge in [-0.3, -0.25) is 9.59 Å². The summed E-state index contributed by atoms with van der Waals surface area (Å²) < 4.78 is 30.2. The van der Waals surface area contributed by atoms with E-state index in [9.17, 15) is 18.0 Å². The number of ether oxygens (including phenoxy) is 1. The molecule has 1 aromatic carbocycles. The predicted octanol–water partition coefficient (Wildman–Crippen LogP) is 1.24. The smallest absolute Gasteiger partial charge is 0.228 e. The molecule has 2 amide bonds. The van der Waals surface area contributed by atoms with Crippen LogP contribution in [-0.4, -0.2) is 75.5 Å². The third-order valence-corrected chi connectivity index (χ3v) is 7.26. The highest BCUT2D eigenvalue weighted by Gasteiger charge is 2.39. The Balaban J connectivity index is 1.65. The lowest BCUT2D eigenvalue weighted by atomic mass is 10.0. The molecule has 2 aliphatic rings. The van der Waals surface area contributed by atoms with Gasteiger partial charge in [0.1, 0.15) is 5.75 Å². The number of hydrogen-bond acceptors (Lipinski definition) is 5. The summed E-state index contributed by atoms with van der Waals surface area (Å²) in [4.78, 5) is 29.0. The normalized spacial score (nSPS) is 21.1. The summed E-state index contributed by atoms with van der Waals surface area (Å²) in [7, 11) is -0.0965. The van der Waals surface area contributed by atoms with Crippen LogP contribution in [-0.2, 0) is 19.6 Å². The summed E-state index contributed by atoms with van der Waals surface area (Å²) in [5.41, 5.74) is 1.71. The van der Waals surface area contributed by atoms with Crippen LogP contribution in [0, 0.1) is 12.8 Å². The summed E-state index contributed by atoms with van der Waals surface area (Å²) in [6.45, 7) is 3.29. The standard InChI is InChI=1S/C20H29N3O5S/c1-14-5-6-18(28-3)17(11-14)23-13-15(12-19(23)24)20(25)22-9-7-16(8-10-22)21(2)29(4,26)27/h5-6,11,15-16H,7-10,12-13H2,1-4H3/t15-/m1/s1. The Bertz CT molecular complexity index is 893. The number of likely N-dealkylation sites (tertiary alicyclic amines) is 1. The Morgan fingerprint density at radius 1 is 1.24 bits per heavy atom. The molecule has 0 saturated carbocycles. The van der Waals surface area contributed by atoms with E-state index in [1.54, 1.807) is 24.0 Å². The van der Waals surface area contributed by atoms with Crippen molar-refractivity contribution in [1.29, 1.82) is 0 Å². The summed E-state index contributed by atoms with van der Waals surface area (Å²) in [6.07, 6.45) is 2.58. The largest absolute Gasteiger partial charge is 0.495 e. The molecule has 3 rings (SSSR count). The molecule has 2 saturated heterocycles. The van der Waals surface area contributed by atoms with Crippen LogP contribution in [0.5, 0.6) is 5.75 Å². The van der Waals surface area contributed by atoms with Crippen molar-refractivity contribution in [3.8, 4) is 5.75 Å². The fourth-order valence-corrected chi connectivity index (χ4v) is 4.85. The summed E-state index contributed by atoms with van der Waals surface area (Å²) in [5.74, 6) is 0.102. The minimum Gasteiger partial charge on any atom is -0.495 e. The highest BCUT2D eigenvalue weighted by atomic mass is 32.2. The van der Waals surface area contributed by atoms with Crippen molar-refractivity contribution in [2.45, 2.75) is 32.2 Å². The van der Waals surface area contributed by atoms with E-state index in [0.29, 0.717) is 43.9 Å². The number of carbonyl (C=O) groups is 2. The molecule has 9 heteroatoms. The van der Waals surface area contributed by atoms with E-state index in [2.05, 4.69) is 0 Å². The van der Waals surface area contributed by atoms with Crippen LogP contribution in [0.3, 0.4) is 0 Å². The lowest BCUT2D eigenvalue weighted by Crippen LogP contribution is -2.48. The van der Waals surface area contributed by atoms with Gasteiger partial charge in [0.2, 0.25) is 21.8 Å². The SMILES string of the molecule is COc1ccc(C)cc1N1C[C@H](C(=O)N2CCC(N(C)S(C)(=O)=O)CC2)CC1=O. The van der Waals surface area contributed by atoms with Crippen LogP contribution >= 0.6 is 0 Å². The molecule has 2 aliphatic heterocycles. The molecule has 8 nitrogen and oxygen atoms in total. The summed E-state index contributed by atoms with van der Waals surface area (Å²) >= 11 is 0. The van der Waals surface area contributed by atoms with Crippen LogP contribution in [0.1, 0.15) is 24.8 Å². The highest BCUT2D eigenvalue weighted by molar-refractivity contribution is 7.88. The number of methoxy groups -OCH3 is 1. The maximum Gasteiger partial charge on any atom is 0.228 e. The van der Waals surface area contributed by atoms with Gasteiger partial charge in [-0.2, -0.15) is 0 Å². The molecule has 0 N–H and O–H groups in total. The van der Waals surface area contributed by atoms with Crippen molar-refractivity contribution in [3.63, 3.8) is 0 Å². The summed E-state index contributed by atoms with van der Waals surface area (Å²) in [5, 5.41) is 0. The maximum absolute atomic E-state index is 13.0. The van der Waals surface area contributed by atoms with Gasteiger partial charge in [0.05, 0.1) is 25.0 Å². The number of anilines is 1. The van der Waals surface area contributed by atoms with Crippen molar-refractivity contribution < 1.29 is 22.7 Å². The molecule has 0 unspecified atom stereocenters. The number of carbonyl (C=O) groups excluding carboxylic acids is 2. The lowest BCUT2D eigenvalue weighted by Gasteiger charge is -2.36. The second-order valence-corrected chi connectivity index (χ2v) is 9.96. The number of nitrogens with zero attached hydrogens (tertiary/aromatic N) is 3. The Hall–Kier alpha value is -2.13. The van der Waals surface area contributed by atoms with Gasteiger partial charge >= 0.3 is 0 Å². The van der Waals surface area contributed by atoms with E-state index in [1.807, 2.05) is 25.1 Å². The van der Waals surface area contributed by atoms with E-state index in [-0.39, 0.29) is 24.3 Å². The van der Waals surface area contributed by atoms with Gasteiger partial charge in [0.25, 0.3) is 0 Å². The van der Waals surface area contributed by atoms with Crippen LogP contribution in [0.25, 0.3) is 0 Å². The molecule has 29 heavy (non-hydrogen) atoms. The Labute approximate surface area is 172 Å². The van der Waals surface area contributed by atoms with Gasteiger partial charge in [-0.05, 0) is 37.5 Å². The zero-order valence-electron chi connectivity index (χ0n) is 17.4. The minimum absolute atomic E-state index is 0.0343. The molecule has 0 bridgehead atoms. The molecule has 160 valence electrons. The van der Waals surface area contributed by atoms with Gasteiger partial charge in [-0.15, -0.1) is 0 Å². The quantitative estimate of drug-likeness (QED) is 0.711. The van der Waals surface area contributed by atoms with Crippen molar-refractivity contribution in [3.05, 3.63) is 23.8 Å². The van der Waals surface area contributed by atoms with E-state index < -0.39 is 15.9 Å². The average molecular weight is 424 g/mol. The number of hydrogen-bond donors (Lipinski definition) is 0. The molecular formula is C20H29N3O5S. The maximum atomic E-state index is 13.0. The first-order valence-electron chi connectivity index (χ1n) is 9.78. The fraction of sp³-hybridized carbons (Fsp3) is 0.600. The third kappa shape index (κ3) is 4.56. The van der Waals surface area contributed by atoms with Gasteiger partial charge in [-0.1, -0.05) is 6.07 Å². The molecule has 1 aromatic rings. The molecule has 2 fully saturated rings. The number of sulfonamides is 1. The first-order chi connectivity index (χ1) is 13.6. The van der Waals surface area contributed by atoms with Gasteiger partial charge in [0.15, 0.2) is 0 Å². The molecule has 0 aromatic heterocycles. The van der Waals surface area contributed by atoms with Crippen molar-refractivity contribution in [2.75, 3.05) is 44.9 Å². The van der Waals surface area contributed by atoms with Crippen LogP contribution in [0.2, 0.25) is 0 Å². The lowest BCUT2D eigenvalue weighted by molar-refractivity contribution is -0.137. The van der Waals surface area contributed by atoms with Gasteiger partial charge in [0, 0.05) is 39.1 Å². The average Bonchev–Trinajstić information content (AvgIpc) is 3.07. The van der Waals surface area contributed by atoms with Crippen LogP contribution in [0.4, 0.5) is 5.69 Å². The number of amides is 2. The number of piperidine rings is 1. The van der Waals surface area contributed by atoms with Crippen LogP contribution in [0.15, 0.2) is 18.2 Å². The Morgan fingerprint density at radius 2 is 1.90 bits per heavy atom. The Kier molecular flexibility index (Phi) is 6.19. The van der Waals surface area contributed by atoms with E-state index in [4.69, 9.17) is 4.74 Å². The van der Waals surface area contributed by atoms with Gasteiger partial charge < -0.3 is 14.5 Å². The van der Waals surface area contributed by atoms with E-state index in [0.717, 1.165) is 5.56 Å². The number of benzene rings is 1. The van der Waals surface area contributed by atoms with Gasteiger partial charge in [-0.25, -0.2) is 12.7 Å². The third-order valence-electron chi connectivity index (χ3n) is 5.91. The zero-order chi connectivity index (χ0) is 21.3. The highest BCUT2D eigenvalue weighted by Crippen LogP contribution is 2.34. The number of aryl methyl sites for hydroxylation is 1. The second kappa shape index (κ2) is 8.31. The molecule has 0 aliphatic carbocycles. The topological polar surface area (TPSA) is 87.2 Å². The van der Waals surface area contributed by atoms with Crippen molar-refractivity contribution in [1.82, 2.24) is 9.21 Å².